The molecule has 0 aliphatic rings. The van der Waals surface area contributed by atoms with Crippen molar-refractivity contribution in [3.05, 3.63) is 65.2 Å². The summed E-state index contributed by atoms with van der Waals surface area (Å²) in [6, 6.07) is 14.5. The van der Waals surface area contributed by atoms with E-state index in [0.717, 1.165) is 14.2 Å². The molecule has 10 heteroatoms. The van der Waals surface area contributed by atoms with E-state index in [0.29, 0.717) is 17.1 Å². The van der Waals surface area contributed by atoms with Gasteiger partial charge in [-0.15, -0.1) is 0 Å². The minimum absolute atomic E-state index is 0.107. The van der Waals surface area contributed by atoms with Gasteiger partial charge in [-0.1, -0.05) is 48.9 Å². The highest BCUT2D eigenvalue weighted by molar-refractivity contribution is 7.90. The van der Waals surface area contributed by atoms with Crippen LogP contribution in [0, 0.1) is 0 Å². The zero-order chi connectivity index (χ0) is 25.5. The van der Waals surface area contributed by atoms with Crippen molar-refractivity contribution < 1.29 is 18.0 Å². The van der Waals surface area contributed by atoms with E-state index in [1.807, 2.05) is 20.8 Å². The van der Waals surface area contributed by atoms with Crippen molar-refractivity contribution >= 4 is 39.3 Å². The van der Waals surface area contributed by atoms with Crippen LogP contribution in [0.4, 0.5) is 5.69 Å². The lowest BCUT2D eigenvalue weighted by molar-refractivity contribution is -0.140. The summed E-state index contributed by atoms with van der Waals surface area (Å²) in [5.41, 5.74) is 1.13. The largest absolute Gasteiger partial charge is 0.352 e. The van der Waals surface area contributed by atoms with E-state index in [1.165, 1.54) is 19.0 Å². The lowest BCUT2D eigenvalue weighted by atomic mass is 10.1. The average molecular weight is 509 g/mol. The third-order valence-electron chi connectivity index (χ3n) is 5.15. The van der Waals surface area contributed by atoms with Crippen molar-refractivity contribution in [2.45, 2.75) is 45.8 Å². The zero-order valence-electron chi connectivity index (χ0n) is 20.2. The van der Waals surface area contributed by atoms with E-state index in [4.69, 9.17) is 11.6 Å². The molecule has 0 heterocycles. The highest BCUT2D eigenvalue weighted by Crippen LogP contribution is 2.21. The molecule has 0 aromatic heterocycles. The van der Waals surface area contributed by atoms with E-state index in [9.17, 15) is 18.0 Å². The van der Waals surface area contributed by atoms with Crippen LogP contribution in [0.1, 0.15) is 32.8 Å². The predicted octanol–water partition coefficient (Wildman–Crippen LogP) is 3.28. The monoisotopic (exact) mass is 508 g/mol. The van der Waals surface area contributed by atoms with Crippen LogP contribution < -0.4 is 9.62 Å². The van der Waals surface area contributed by atoms with Gasteiger partial charge in [0.15, 0.2) is 0 Å². The quantitative estimate of drug-likeness (QED) is 0.504. The molecule has 0 spiro atoms. The van der Waals surface area contributed by atoms with Crippen LogP contribution in [0.2, 0.25) is 5.02 Å². The van der Waals surface area contributed by atoms with Gasteiger partial charge < -0.3 is 10.2 Å². The molecule has 0 saturated carbocycles. The first kappa shape index (κ1) is 27.6. The van der Waals surface area contributed by atoms with E-state index < -0.39 is 28.7 Å². The maximum Gasteiger partial charge on any atom is 0.304 e. The van der Waals surface area contributed by atoms with E-state index in [1.54, 1.807) is 54.6 Å². The summed E-state index contributed by atoms with van der Waals surface area (Å²) in [5, 5.41) is 3.42. The Balaban J connectivity index is 2.46. The topological polar surface area (TPSA) is 90.0 Å². The summed E-state index contributed by atoms with van der Waals surface area (Å²) >= 11 is 6.00. The Morgan fingerprint density at radius 1 is 1.00 bits per heavy atom. The molecule has 0 saturated heterocycles. The van der Waals surface area contributed by atoms with Gasteiger partial charge >= 0.3 is 10.2 Å². The first-order chi connectivity index (χ1) is 16.0. The van der Waals surface area contributed by atoms with Gasteiger partial charge in [0, 0.05) is 31.7 Å². The molecule has 8 nitrogen and oxygen atoms in total. The molecule has 186 valence electrons. The molecule has 2 rings (SSSR count). The fourth-order valence-electron chi connectivity index (χ4n) is 3.40. The van der Waals surface area contributed by atoms with Crippen LogP contribution in [0.5, 0.6) is 0 Å². The molecule has 0 aliphatic heterocycles. The van der Waals surface area contributed by atoms with Crippen LogP contribution >= 0.6 is 11.6 Å². The number of anilines is 1. The summed E-state index contributed by atoms with van der Waals surface area (Å²) in [5.74, 6) is -0.781. The second kappa shape index (κ2) is 12.2. The molecule has 0 radical (unpaired) electrons. The van der Waals surface area contributed by atoms with Gasteiger partial charge in [-0.25, -0.2) is 4.31 Å². The minimum Gasteiger partial charge on any atom is -0.352 e. The Morgan fingerprint density at radius 3 is 2.09 bits per heavy atom. The number of amides is 2. The van der Waals surface area contributed by atoms with Crippen molar-refractivity contribution in [1.82, 2.24) is 14.5 Å². The second-order valence-corrected chi connectivity index (χ2v) is 10.9. The predicted molar refractivity (Wildman–Crippen MR) is 136 cm³/mol. The fraction of sp³-hybridized carbons (Fsp3) is 0.417. The number of para-hydroxylation sites is 1. The average Bonchev–Trinajstić information content (AvgIpc) is 2.78. The molecular formula is C24H33ClN4O4S. The maximum atomic E-state index is 13.7. The lowest BCUT2D eigenvalue weighted by Crippen LogP contribution is -2.54. The summed E-state index contributed by atoms with van der Waals surface area (Å²) in [7, 11) is -1.15. The summed E-state index contributed by atoms with van der Waals surface area (Å²) in [6.45, 7) is 5.18. The number of rotatable bonds is 11. The van der Waals surface area contributed by atoms with Crippen molar-refractivity contribution in [2.24, 2.45) is 0 Å². The molecule has 0 bridgehead atoms. The maximum absolute atomic E-state index is 13.7. The molecule has 0 aliphatic carbocycles. The van der Waals surface area contributed by atoms with Crippen LogP contribution in [0.3, 0.4) is 0 Å². The number of carbonyl (C=O) groups is 2. The zero-order valence-corrected chi connectivity index (χ0v) is 21.8. The lowest BCUT2D eigenvalue weighted by Gasteiger charge is -2.34. The molecule has 0 unspecified atom stereocenters. The molecular weight excluding hydrogens is 476 g/mol. The van der Waals surface area contributed by atoms with Crippen molar-refractivity contribution in [1.29, 1.82) is 0 Å². The van der Waals surface area contributed by atoms with E-state index in [2.05, 4.69) is 5.32 Å². The highest BCUT2D eigenvalue weighted by atomic mass is 35.5. The third kappa shape index (κ3) is 7.19. The Morgan fingerprint density at radius 2 is 1.59 bits per heavy atom. The van der Waals surface area contributed by atoms with Crippen LogP contribution in [-0.2, 0) is 26.3 Å². The third-order valence-corrected chi connectivity index (χ3v) is 7.22. The number of nitrogens with zero attached hydrogens (tertiary/aromatic N) is 3. The first-order valence-corrected chi connectivity index (χ1v) is 12.8. The molecule has 2 amide bonds. The molecule has 2 aromatic carbocycles. The number of carbonyl (C=O) groups excluding carboxylic acids is 2. The number of benzene rings is 2. The van der Waals surface area contributed by atoms with E-state index >= 15 is 0 Å². The van der Waals surface area contributed by atoms with Gasteiger partial charge in [0.05, 0.1) is 5.69 Å². The molecule has 0 fully saturated rings. The minimum atomic E-state index is -3.97. The number of halogens is 1. The van der Waals surface area contributed by atoms with Gasteiger partial charge in [-0.05, 0) is 50.1 Å². The number of hydrogen-bond donors (Lipinski definition) is 1. The first-order valence-electron chi connectivity index (χ1n) is 11.1. The standard InChI is InChI=1S/C24H33ClN4O4S/c1-6-22(24(31)26-18(2)3)28(16-19-12-14-20(25)15-13-19)23(30)17-29(34(32,33)27(4)5)21-10-8-7-9-11-21/h7-15,18,22H,6,16-17H2,1-5H3,(H,26,31)/t22-/m1/s1. The second-order valence-electron chi connectivity index (χ2n) is 8.37. The fourth-order valence-corrected chi connectivity index (χ4v) is 4.58. The normalized spacial score (nSPS) is 12.5. The summed E-state index contributed by atoms with van der Waals surface area (Å²) in [4.78, 5) is 28.1. The van der Waals surface area contributed by atoms with Gasteiger partial charge in [0.25, 0.3) is 0 Å². The van der Waals surface area contributed by atoms with Crippen LogP contribution in [-0.4, -0.2) is 62.2 Å². The van der Waals surface area contributed by atoms with Crippen molar-refractivity contribution in [3.8, 4) is 0 Å². The summed E-state index contributed by atoms with van der Waals surface area (Å²) < 4.78 is 28.3. The Labute approximate surface area is 207 Å². The van der Waals surface area contributed by atoms with Crippen LogP contribution in [0.15, 0.2) is 54.6 Å². The molecule has 1 atom stereocenters. The van der Waals surface area contributed by atoms with Crippen molar-refractivity contribution in [3.63, 3.8) is 0 Å². The number of nitrogens with one attached hydrogen (secondary N) is 1. The van der Waals surface area contributed by atoms with Crippen molar-refractivity contribution in [2.75, 3.05) is 24.9 Å². The van der Waals surface area contributed by atoms with E-state index in [-0.39, 0.29) is 18.5 Å². The molecule has 1 N–H and O–H groups in total. The number of hydrogen-bond acceptors (Lipinski definition) is 4. The Hall–Kier alpha value is -2.62. The Kier molecular flexibility index (Phi) is 9.90. The smallest absolute Gasteiger partial charge is 0.304 e. The van der Waals surface area contributed by atoms with Gasteiger partial charge in [-0.2, -0.15) is 12.7 Å². The van der Waals surface area contributed by atoms with Gasteiger partial charge in [0.2, 0.25) is 11.8 Å². The van der Waals surface area contributed by atoms with Gasteiger partial charge in [-0.3, -0.25) is 9.59 Å². The molecule has 2 aromatic rings. The van der Waals surface area contributed by atoms with Crippen LogP contribution in [0.25, 0.3) is 0 Å². The highest BCUT2D eigenvalue weighted by Gasteiger charge is 2.33. The summed E-state index contributed by atoms with van der Waals surface area (Å²) in [6.07, 6.45) is 0.365. The molecule has 34 heavy (non-hydrogen) atoms. The SMILES string of the molecule is CC[C@H](C(=O)NC(C)C)N(Cc1ccc(Cl)cc1)C(=O)CN(c1ccccc1)S(=O)(=O)N(C)C. The Bertz CT molecular complexity index is 1060. The van der Waals surface area contributed by atoms with Gasteiger partial charge in [0.1, 0.15) is 12.6 Å².